The number of primary amides is 1. The van der Waals surface area contributed by atoms with Gasteiger partial charge in [0, 0.05) is 43.2 Å². The number of carbonyl (C=O) groups is 2. The van der Waals surface area contributed by atoms with Crippen LogP contribution in [0.2, 0.25) is 0 Å². The Morgan fingerprint density at radius 2 is 1.81 bits per heavy atom. The Hall–Kier alpha value is -2.12. The van der Waals surface area contributed by atoms with Crippen LogP contribution in [-0.2, 0) is 14.3 Å². The number of anilines is 2. The molecule has 2 aliphatic heterocycles. The average Bonchev–Trinajstić information content (AvgIpc) is 2.68. The number of hydrogen-bond acceptors (Lipinski definition) is 4. The summed E-state index contributed by atoms with van der Waals surface area (Å²) in [6.45, 7) is 6.85. The smallest absolute Gasteiger partial charge is 0.282 e. The molecule has 2 fully saturated rings. The second-order valence-corrected chi connectivity index (χ2v) is 7.19. The number of nitrogens with zero attached hydrogens (tertiary/aromatic N) is 1. The van der Waals surface area contributed by atoms with Gasteiger partial charge in [-0.1, -0.05) is 0 Å². The Balaban J connectivity index is 1.51. The Kier molecular flexibility index (Phi) is 6.11. The van der Waals surface area contributed by atoms with Gasteiger partial charge >= 0.3 is 0 Å². The molecule has 0 aromatic heterocycles. The SMILES string of the molecule is C[C@@H](C(=O)Nc1ccc(N2CCOCC2)cc1)[NH+]1CCC(C(N)=O)CC1. The third-order valence-corrected chi connectivity index (χ3v) is 5.55. The van der Waals surface area contributed by atoms with Gasteiger partial charge in [-0.25, -0.2) is 0 Å². The van der Waals surface area contributed by atoms with E-state index in [2.05, 4.69) is 10.2 Å². The fourth-order valence-corrected chi connectivity index (χ4v) is 3.72. The van der Waals surface area contributed by atoms with Gasteiger partial charge in [-0.15, -0.1) is 0 Å². The number of amides is 2. The number of morpholine rings is 1. The van der Waals surface area contributed by atoms with Crippen LogP contribution in [0.5, 0.6) is 0 Å². The zero-order valence-electron chi connectivity index (χ0n) is 15.4. The van der Waals surface area contributed by atoms with Gasteiger partial charge in [0.2, 0.25) is 5.91 Å². The highest BCUT2D eigenvalue weighted by Gasteiger charge is 2.32. The molecule has 1 aromatic rings. The van der Waals surface area contributed by atoms with E-state index in [1.807, 2.05) is 31.2 Å². The Morgan fingerprint density at radius 1 is 1.19 bits per heavy atom. The number of hydrogen-bond donors (Lipinski definition) is 3. The van der Waals surface area contributed by atoms with Gasteiger partial charge in [-0.2, -0.15) is 0 Å². The number of benzene rings is 1. The molecule has 2 heterocycles. The van der Waals surface area contributed by atoms with Crippen LogP contribution in [0.25, 0.3) is 0 Å². The minimum Gasteiger partial charge on any atom is -0.378 e. The van der Waals surface area contributed by atoms with Crippen molar-refractivity contribution in [1.29, 1.82) is 0 Å². The van der Waals surface area contributed by atoms with E-state index in [0.29, 0.717) is 0 Å². The molecular weight excluding hydrogens is 332 g/mol. The van der Waals surface area contributed by atoms with Gasteiger partial charge in [0.25, 0.3) is 5.91 Å². The normalized spacial score (nSPS) is 24.7. The van der Waals surface area contributed by atoms with E-state index < -0.39 is 0 Å². The minimum absolute atomic E-state index is 0.0108. The number of nitrogens with one attached hydrogen (secondary N) is 2. The summed E-state index contributed by atoms with van der Waals surface area (Å²) in [4.78, 5) is 27.3. The van der Waals surface area contributed by atoms with Crippen molar-refractivity contribution in [3.63, 3.8) is 0 Å². The third kappa shape index (κ3) is 4.53. The molecule has 1 aromatic carbocycles. The maximum Gasteiger partial charge on any atom is 0.282 e. The molecule has 2 aliphatic rings. The van der Waals surface area contributed by atoms with Crippen LogP contribution in [0.1, 0.15) is 19.8 Å². The van der Waals surface area contributed by atoms with Crippen molar-refractivity contribution in [2.75, 3.05) is 49.6 Å². The molecular formula is C19H29N4O3+. The van der Waals surface area contributed by atoms with Crippen LogP contribution >= 0.6 is 0 Å². The summed E-state index contributed by atoms with van der Waals surface area (Å²) in [6.07, 6.45) is 1.52. The molecule has 1 atom stereocenters. The lowest BCUT2D eigenvalue weighted by Gasteiger charge is -2.31. The summed E-state index contributed by atoms with van der Waals surface area (Å²) in [5, 5.41) is 3.01. The van der Waals surface area contributed by atoms with Crippen molar-refractivity contribution >= 4 is 23.2 Å². The van der Waals surface area contributed by atoms with Crippen LogP contribution in [0.15, 0.2) is 24.3 Å². The van der Waals surface area contributed by atoms with Crippen molar-refractivity contribution in [2.45, 2.75) is 25.8 Å². The first kappa shape index (κ1) is 18.7. The van der Waals surface area contributed by atoms with E-state index in [4.69, 9.17) is 10.5 Å². The lowest BCUT2D eigenvalue weighted by molar-refractivity contribution is -0.919. The summed E-state index contributed by atoms with van der Waals surface area (Å²) in [5.74, 6) is -0.250. The van der Waals surface area contributed by atoms with E-state index in [9.17, 15) is 9.59 Å². The van der Waals surface area contributed by atoms with Crippen molar-refractivity contribution in [3.05, 3.63) is 24.3 Å². The van der Waals surface area contributed by atoms with Crippen LogP contribution in [-0.4, -0.2) is 57.2 Å². The molecule has 7 heteroatoms. The highest BCUT2D eigenvalue weighted by Crippen LogP contribution is 2.19. The molecule has 26 heavy (non-hydrogen) atoms. The zero-order chi connectivity index (χ0) is 18.5. The van der Waals surface area contributed by atoms with Gasteiger partial charge in [-0.3, -0.25) is 9.59 Å². The van der Waals surface area contributed by atoms with Gasteiger partial charge < -0.3 is 25.6 Å². The molecule has 2 saturated heterocycles. The average molecular weight is 361 g/mol. The second-order valence-electron chi connectivity index (χ2n) is 7.19. The number of likely N-dealkylation sites (tertiary alicyclic amines) is 1. The third-order valence-electron chi connectivity index (χ3n) is 5.55. The highest BCUT2D eigenvalue weighted by molar-refractivity contribution is 5.93. The van der Waals surface area contributed by atoms with Crippen molar-refractivity contribution in [1.82, 2.24) is 0 Å². The molecule has 7 nitrogen and oxygen atoms in total. The number of rotatable bonds is 5. The lowest BCUT2D eigenvalue weighted by atomic mass is 9.95. The van der Waals surface area contributed by atoms with Gasteiger partial charge in [0.1, 0.15) is 0 Å². The van der Waals surface area contributed by atoms with E-state index in [1.54, 1.807) is 0 Å². The fourth-order valence-electron chi connectivity index (χ4n) is 3.72. The van der Waals surface area contributed by atoms with Gasteiger partial charge in [0.05, 0.1) is 26.3 Å². The van der Waals surface area contributed by atoms with Crippen LogP contribution in [0.3, 0.4) is 0 Å². The molecule has 2 amide bonds. The van der Waals surface area contributed by atoms with E-state index in [0.717, 1.165) is 63.6 Å². The number of carbonyl (C=O) groups excluding carboxylic acids is 2. The molecule has 0 radical (unpaired) electrons. The Labute approximate surface area is 154 Å². The topological polar surface area (TPSA) is 89.1 Å². The first-order valence-electron chi connectivity index (χ1n) is 9.42. The molecule has 0 bridgehead atoms. The zero-order valence-corrected chi connectivity index (χ0v) is 15.4. The first-order valence-corrected chi connectivity index (χ1v) is 9.42. The maximum atomic E-state index is 12.6. The first-order chi connectivity index (χ1) is 12.5. The molecule has 0 saturated carbocycles. The summed E-state index contributed by atoms with van der Waals surface area (Å²) < 4.78 is 5.37. The monoisotopic (exact) mass is 361 g/mol. The van der Waals surface area contributed by atoms with Gasteiger partial charge in [-0.05, 0) is 31.2 Å². The number of ether oxygens (including phenoxy) is 1. The van der Waals surface area contributed by atoms with E-state index in [1.165, 1.54) is 4.90 Å². The van der Waals surface area contributed by atoms with Crippen molar-refractivity contribution in [2.24, 2.45) is 11.7 Å². The van der Waals surface area contributed by atoms with Crippen LogP contribution in [0.4, 0.5) is 11.4 Å². The minimum atomic E-state index is -0.221. The largest absolute Gasteiger partial charge is 0.378 e. The molecule has 3 rings (SSSR count). The van der Waals surface area contributed by atoms with Crippen LogP contribution < -0.4 is 20.9 Å². The molecule has 0 unspecified atom stereocenters. The summed E-state index contributed by atoms with van der Waals surface area (Å²) in [5.41, 5.74) is 7.34. The molecule has 0 aliphatic carbocycles. The summed E-state index contributed by atoms with van der Waals surface area (Å²) in [6, 6.07) is 7.82. The Bertz CT molecular complexity index is 620. The number of piperidine rings is 1. The van der Waals surface area contributed by atoms with Crippen LogP contribution in [0, 0.1) is 5.92 Å². The number of nitrogens with two attached hydrogens (primary N) is 1. The second kappa shape index (κ2) is 8.51. The van der Waals surface area contributed by atoms with E-state index in [-0.39, 0.29) is 23.8 Å². The fraction of sp³-hybridized carbons (Fsp3) is 0.579. The summed E-state index contributed by atoms with van der Waals surface area (Å²) >= 11 is 0. The quantitative estimate of drug-likeness (QED) is 0.668. The maximum absolute atomic E-state index is 12.6. The lowest BCUT2D eigenvalue weighted by Crippen LogP contribution is -3.17. The predicted molar refractivity (Wildman–Crippen MR) is 100 cm³/mol. The van der Waals surface area contributed by atoms with Crippen molar-refractivity contribution < 1.29 is 19.2 Å². The highest BCUT2D eigenvalue weighted by atomic mass is 16.5. The summed E-state index contributed by atoms with van der Waals surface area (Å²) in [7, 11) is 0. The predicted octanol–water partition coefficient (Wildman–Crippen LogP) is -0.370. The van der Waals surface area contributed by atoms with Gasteiger partial charge in [0.15, 0.2) is 6.04 Å². The molecule has 142 valence electrons. The molecule has 4 N–H and O–H groups in total. The Morgan fingerprint density at radius 3 is 2.38 bits per heavy atom. The molecule has 0 spiro atoms. The standard InChI is InChI=1S/C19H28N4O3/c1-14(22-8-6-15(7-9-22)18(20)24)19(25)21-16-2-4-17(5-3-16)23-10-12-26-13-11-23/h2-5,14-15H,6-13H2,1H3,(H2,20,24)(H,21,25)/p+1/t14-/m0/s1. The number of quaternary nitrogens is 1. The van der Waals surface area contributed by atoms with E-state index >= 15 is 0 Å². The van der Waals surface area contributed by atoms with Crippen molar-refractivity contribution in [3.8, 4) is 0 Å².